The molecular formula is C22H22N4O2S. The van der Waals surface area contributed by atoms with Crippen LogP contribution < -0.4 is 16.4 Å². The number of carbonyl (C=O) groups excluding carboxylic acids is 2. The van der Waals surface area contributed by atoms with Crippen molar-refractivity contribution in [1.82, 2.24) is 4.98 Å². The van der Waals surface area contributed by atoms with E-state index in [1.807, 2.05) is 6.07 Å². The van der Waals surface area contributed by atoms with Crippen LogP contribution in [0.25, 0.3) is 0 Å². The van der Waals surface area contributed by atoms with Crippen LogP contribution in [-0.4, -0.2) is 16.8 Å². The Morgan fingerprint density at radius 2 is 1.72 bits per heavy atom. The lowest BCUT2D eigenvalue weighted by Crippen LogP contribution is -2.18. The summed E-state index contributed by atoms with van der Waals surface area (Å²) in [5, 5.41) is 6.40. The molecule has 0 spiro atoms. The van der Waals surface area contributed by atoms with Gasteiger partial charge in [0, 0.05) is 22.3 Å². The second-order valence-corrected chi connectivity index (χ2v) is 8.12. The summed E-state index contributed by atoms with van der Waals surface area (Å²) in [5.41, 5.74) is 8.41. The number of pyridine rings is 1. The van der Waals surface area contributed by atoms with Gasteiger partial charge >= 0.3 is 0 Å². The molecule has 0 fully saturated rings. The molecule has 6 nitrogen and oxygen atoms in total. The summed E-state index contributed by atoms with van der Waals surface area (Å²) in [4.78, 5) is 31.2. The number of hydrogen-bond acceptors (Lipinski definition) is 5. The van der Waals surface area contributed by atoms with Gasteiger partial charge in [-0.05, 0) is 67.6 Å². The number of fused-ring (bicyclic) bond motifs is 1. The largest absolute Gasteiger partial charge is 0.399 e. The molecule has 0 radical (unpaired) electrons. The van der Waals surface area contributed by atoms with Crippen LogP contribution in [0, 0.1) is 0 Å². The van der Waals surface area contributed by atoms with E-state index in [4.69, 9.17) is 5.73 Å². The number of nitrogens with zero attached hydrogens (tertiary/aromatic N) is 1. The van der Waals surface area contributed by atoms with Crippen LogP contribution in [-0.2, 0) is 12.8 Å². The molecule has 2 heterocycles. The summed E-state index contributed by atoms with van der Waals surface area (Å²) in [7, 11) is 0. The Labute approximate surface area is 173 Å². The third kappa shape index (κ3) is 4.30. The van der Waals surface area contributed by atoms with E-state index >= 15 is 0 Å². The maximum atomic E-state index is 13.1. The molecule has 0 atom stereocenters. The van der Waals surface area contributed by atoms with Gasteiger partial charge in [0.2, 0.25) is 0 Å². The van der Waals surface area contributed by atoms with Crippen LogP contribution in [0.4, 0.5) is 16.5 Å². The highest BCUT2D eigenvalue weighted by atomic mass is 32.1. The van der Waals surface area contributed by atoms with E-state index in [2.05, 4.69) is 15.6 Å². The number of rotatable bonds is 4. The molecule has 3 aromatic rings. The van der Waals surface area contributed by atoms with Crippen molar-refractivity contribution in [2.45, 2.75) is 32.1 Å². The lowest BCUT2D eigenvalue weighted by molar-refractivity contribution is 0.102. The van der Waals surface area contributed by atoms with Crippen molar-refractivity contribution in [1.29, 1.82) is 0 Å². The second-order valence-electron chi connectivity index (χ2n) is 7.01. The van der Waals surface area contributed by atoms with Crippen LogP contribution in [0.3, 0.4) is 0 Å². The molecule has 7 heteroatoms. The van der Waals surface area contributed by atoms with Crippen molar-refractivity contribution in [3.63, 3.8) is 0 Å². The summed E-state index contributed by atoms with van der Waals surface area (Å²) >= 11 is 1.50. The predicted molar refractivity (Wildman–Crippen MR) is 117 cm³/mol. The maximum absolute atomic E-state index is 13.1. The number of nitrogens with two attached hydrogens (primary N) is 1. The van der Waals surface area contributed by atoms with Crippen LogP contribution in [0.15, 0.2) is 48.7 Å². The number of nitrogens with one attached hydrogen (secondary N) is 2. The van der Waals surface area contributed by atoms with Gasteiger partial charge in [-0.25, -0.2) is 4.98 Å². The van der Waals surface area contributed by atoms with E-state index in [1.165, 1.54) is 16.2 Å². The summed E-state index contributed by atoms with van der Waals surface area (Å²) < 4.78 is 0. The number of aryl methyl sites for hydroxylation is 1. The molecule has 0 bridgehead atoms. The van der Waals surface area contributed by atoms with Crippen molar-refractivity contribution in [2.24, 2.45) is 0 Å². The minimum atomic E-state index is -0.256. The smallest absolute Gasteiger partial charge is 0.260 e. The van der Waals surface area contributed by atoms with E-state index in [1.54, 1.807) is 42.6 Å². The SMILES string of the molecule is Nc1ccc(C(=O)Nc2sc3c(c2C(=O)Nc2ccccn2)CCCCC3)cc1. The Balaban J connectivity index is 1.66. The molecule has 1 aromatic carbocycles. The van der Waals surface area contributed by atoms with Crippen LogP contribution in [0.1, 0.15) is 50.4 Å². The summed E-state index contributed by atoms with van der Waals surface area (Å²) in [5.74, 6) is -0.00844. The Morgan fingerprint density at radius 1 is 0.931 bits per heavy atom. The quantitative estimate of drug-likeness (QED) is 0.439. The van der Waals surface area contributed by atoms with Gasteiger partial charge in [-0.15, -0.1) is 11.3 Å². The first kappa shape index (κ1) is 19.1. The van der Waals surface area contributed by atoms with Crippen LogP contribution in [0.2, 0.25) is 0 Å². The van der Waals surface area contributed by atoms with Gasteiger partial charge in [0.1, 0.15) is 10.8 Å². The maximum Gasteiger partial charge on any atom is 0.260 e. The molecule has 0 aliphatic heterocycles. The Hall–Kier alpha value is -3.19. The highest BCUT2D eigenvalue weighted by molar-refractivity contribution is 7.17. The van der Waals surface area contributed by atoms with E-state index in [0.29, 0.717) is 27.6 Å². The first-order valence-corrected chi connectivity index (χ1v) is 10.5. The molecule has 29 heavy (non-hydrogen) atoms. The summed E-state index contributed by atoms with van der Waals surface area (Å²) in [6.45, 7) is 0. The Kier molecular flexibility index (Phi) is 5.57. The highest BCUT2D eigenvalue weighted by Gasteiger charge is 2.26. The fourth-order valence-corrected chi connectivity index (χ4v) is 4.78. The molecule has 0 saturated carbocycles. The number of benzene rings is 1. The molecular weight excluding hydrogens is 384 g/mol. The van der Waals surface area contributed by atoms with E-state index in [0.717, 1.165) is 37.7 Å². The van der Waals surface area contributed by atoms with Crippen LogP contribution >= 0.6 is 11.3 Å². The first-order valence-electron chi connectivity index (χ1n) is 9.65. The van der Waals surface area contributed by atoms with Crippen molar-refractivity contribution >= 4 is 39.7 Å². The zero-order valence-electron chi connectivity index (χ0n) is 15.9. The normalized spacial score (nSPS) is 13.2. The third-order valence-electron chi connectivity index (χ3n) is 4.95. The molecule has 1 aliphatic carbocycles. The number of anilines is 3. The summed E-state index contributed by atoms with van der Waals surface area (Å²) in [6, 6.07) is 12.1. The summed E-state index contributed by atoms with van der Waals surface area (Å²) in [6.07, 6.45) is 6.69. The van der Waals surface area contributed by atoms with Gasteiger partial charge < -0.3 is 16.4 Å². The molecule has 0 saturated heterocycles. The molecule has 4 N–H and O–H groups in total. The fourth-order valence-electron chi connectivity index (χ4n) is 3.50. The fraction of sp³-hybridized carbons (Fsp3) is 0.227. The van der Waals surface area contributed by atoms with Gasteiger partial charge in [0.15, 0.2) is 0 Å². The topological polar surface area (TPSA) is 97.1 Å². The minimum absolute atomic E-state index is 0.240. The highest BCUT2D eigenvalue weighted by Crippen LogP contribution is 2.38. The molecule has 148 valence electrons. The number of thiophene rings is 1. The number of hydrogen-bond donors (Lipinski definition) is 3. The number of carbonyl (C=O) groups is 2. The predicted octanol–water partition coefficient (Wildman–Crippen LogP) is 4.50. The number of amides is 2. The molecule has 1 aliphatic rings. The molecule has 2 amide bonds. The van der Waals surface area contributed by atoms with Gasteiger partial charge in [-0.1, -0.05) is 12.5 Å². The van der Waals surface area contributed by atoms with Crippen molar-refractivity contribution in [3.8, 4) is 0 Å². The molecule has 0 unspecified atom stereocenters. The van der Waals surface area contributed by atoms with E-state index < -0.39 is 0 Å². The third-order valence-corrected chi connectivity index (χ3v) is 6.16. The van der Waals surface area contributed by atoms with E-state index in [9.17, 15) is 9.59 Å². The molecule has 2 aromatic heterocycles. The van der Waals surface area contributed by atoms with Crippen LogP contribution in [0.5, 0.6) is 0 Å². The zero-order chi connectivity index (χ0) is 20.2. The lowest BCUT2D eigenvalue weighted by atomic mass is 10.0. The monoisotopic (exact) mass is 406 g/mol. The van der Waals surface area contributed by atoms with Crippen molar-refractivity contribution in [2.75, 3.05) is 16.4 Å². The molecule has 4 rings (SSSR count). The van der Waals surface area contributed by atoms with Crippen molar-refractivity contribution < 1.29 is 9.59 Å². The average Bonchev–Trinajstić information content (AvgIpc) is 2.89. The van der Waals surface area contributed by atoms with Gasteiger partial charge in [-0.3, -0.25) is 9.59 Å². The first-order chi connectivity index (χ1) is 14.1. The number of nitrogen functional groups attached to an aromatic ring is 1. The Bertz CT molecular complexity index is 1030. The van der Waals surface area contributed by atoms with Gasteiger partial charge in [0.05, 0.1) is 5.56 Å². The van der Waals surface area contributed by atoms with E-state index in [-0.39, 0.29) is 11.8 Å². The zero-order valence-corrected chi connectivity index (χ0v) is 16.7. The lowest BCUT2D eigenvalue weighted by Gasteiger charge is -2.10. The minimum Gasteiger partial charge on any atom is -0.399 e. The average molecular weight is 407 g/mol. The standard InChI is InChI=1S/C22H22N4O2S/c23-15-11-9-14(10-12-15)20(27)26-22-19(16-6-2-1-3-7-17(16)29-22)21(28)25-18-8-4-5-13-24-18/h4-5,8-13H,1-3,6-7,23H2,(H,26,27)(H,24,25,28). The van der Waals surface area contributed by atoms with Crippen molar-refractivity contribution in [3.05, 3.63) is 70.2 Å². The number of aromatic nitrogens is 1. The Morgan fingerprint density at radius 3 is 2.48 bits per heavy atom. The van der Waals surface area contributed by atoms with Gasteiger partial charge in [0.25, 0.3) is 11.8 Å². The second kappa shape index (κ2) is 8.45. The van der Waals surface area contributed by atoms with Gasteiger partial charge in [-0.2, -0.15) is 0 Å².